The van der Waals surface area contributed by atoms with E-state index in [1.165, 1.54) is 37.2 Å². The highest BCUT2D eigenvalue weighted by Gasteiger charge is 2.34. The molecule has 3 N–H and O–H groups in total. The van der Waals surface area contributed by atoms with Crippen LogP contribution in [0.1, 0.15) is 13.3 Å². The number of hydrazone groups is 1. The maximum atomic E-state index is 12.7. The minimum atomic E-state index is -4.05. The summed E-state index contributed by atoms with van der Waals surface area (Å²) in [7, 11) is -2.73. The lowest BCUT2D eigenvalue weighted by atomic mass is 10.1. The summed E-state index contributed by atoms with van der Waals surface area (Å²) in [4.78, 5) is 24.5. The van der Waals surface area contributed by atoms with Gasteiger partial charge in [0.15, 0.2) is 5.78 Å². The topological polar surface area (TPSA) is 131 Å². The molecule has 1 atom stereocenters. The fourth-order valence-corrected chi connectivity index (χ4v) is 3.69. The van der Waals surface area contributed by atoms with Crippen LogP contribution in [0.15, 0.2) is 58.5 Å². The van der Waals surface area contributed by atoms with E-state index in [9.17, 15) is 18.0 Å². The number of nitrogens with one attached hydrogen (secondary N) is 1. The van der Waals surface area contributed by atoms with Gasteiger partial charge in [-0.3, -0.25) is 14.6 Å². The van der Waals surface area contributed by atoms with Gasteiger partial charge in [0.1, 0.15) is 22.4 Å². The van der Waals surface area contributed by atoms with Gasteiger partial charge in [-0.15, -0.1) is 0 Å². The van der Waals surface area contributed by atoms with Crippen LogP contribution in [0, 0.1) is 0 Å². The molecule has 1 aliphatic heterocycles. The molecular formula is C19H20N4O5S. The average Bonchev–Trinajstić information content (AvgIpc) is 3.14. The molecule has 0 saturated carbocycles. The zero-order chi connectivity index (χ0) is 21.2. The smallest absolute Gasteiger partial charge is 0.271 e. The van der Waals surface area contributed by atoms with Gasteiger partial charge in [0.05, 0.1) is 12.8 Å². The lowest BCUT2D eigenvalue weighted by Gasteiger charge is -2.20. The van der Waals surface area contributed by atoms with E-state index in [-0.39, 0.29) is 34.2 Å². The van der Waals surface area contributed by atoms with Crippen molar-refractivity contribution < 1.29 is 22.7 Å². The molecule has 1 heterocycles. The molecule has 9 nitrogen and oxygen atoms in total. The predicted octanol–water partition coefficient (Wildman–Crippen LogP) is 1.50. The van der Waals surface area contributed by atoms with Gasteiger partial charge in [-0.25, -0.2) is 13.6 Å². The van der Waals surface area contributed by atoms with Crippen molar-refractivity contribution in [1.82, 2.24) is 0 Å². The van der Waals surface area contributed by atoms with Crippen LogP contribution < -0.4 is 20.2 Å². The van der Waals surface area contributed by atoms with E-state index in [1.807, 2.05) is 18.2 Å². The minimum Gasteiger partial charge on any atom is -0.495 e. The van der Waals surface area contributed by atoms with Crippen LogP contribution in [0.25, 0.3) is 0 Å². The van der Waals surface area contributed by atoms with Crippen molar-refractivity contribution in [3.05, 3.63) is 48.5 Å². The molecule has 1 aliphatic rings. The van der Waals surface area contributed by atoms with Gasteiger partial charge >= 0.3 is 0 Å². The number of Topliss-reactive ketones (excluding diaryl/α,β-unsaturated/α-hetero) is 1. The molecule has 0 radical (unpaired) electrons. The Morgan fingerprint density at radius 3 is 2.48 bits per heavy atom. The third-order valence-corrected chi connectivity index (χ3v) is 5.32. The number of ketones is 1. The number of hydrogen-bond acceptors (Lipinski definition) is 7. The molecule has 29 heavy (non-hydrogen) atoms. The molecule has 152 valence electrons. The van der Waals surface area contributed by atoms with Gasteiger partial charge < -0.3 is 10.1 Å². The molecule has 10 heteroatoms. The van der Waals surface area contributed by atoms with Crippen molar-refractivity contribution in [1.29, 1.82) is 0 Å². The standard InChI is InChI=1S/C19H20N4O5S/c1-12(24)16-11-15(22-23(16)14-6-4-3-5-7-14)19(25)21-13-8-9-17(28-2)18(10-13)29(20,26)27/h3-10,16H,11H2,1-2H3,(H,21,25)(H2,20,26,27). The lowest BCUT2D eigenvalue weighted by Crippen LogP contribution is -2.33. The normalized spacial score (nSPS) is 16.3. The fraction of sp³-hybridized carbons (Fsp3) is 0.211. The summed E-state index contributed by atoms with van der Waals surface area (Å²) in [6, 6.07) is 12.5. The number of rotatable bonds is 6. The summed E-state index contributed by atoms with van der Waals surface area (Å²) in [6.07, 6.45) is 0.133. The summed E-state index contributed by atoms with van der Waals surface area (Å²) >= 11 is 0. The third-order valence-electron chi connectivity index (χ3n) is 4.39. The van der Waals surface area contributed by atoms with E-state index in [1.54, 1.807) is 12.1 Å². The second kappa shape index (κ2) is 8.02. The highest BCUT2D eigenvalue weighted by atomic mass is 32.2. The first kappa shape index (κ1) is 20.5. The van der Waals surface area contributed by atoms with Crippen molar-refractivity contribution in [3.63, 3.8) is 0 Å². The molecule has 1 amide bonds. The first-order valence-corrected chi connectivity index (χ1v) is 10.2. The number of benzene rings is 2. The maximum Gasteiger partial charge on any atom is 0.271 e. The van der Waals surface area contributed by atoms with Crippen molar-refractivity contribution in [2.75, 3.05) is 17.4 Å². The van der Waals surface area contributed by atoms with E-state index in [4.69, 9.17) is 9.88 Å². The van der Waals surface area contributed by atoms with Crippen molar-refractivity contribution in [2.45, 2.75) is 24.3 Å². The SMILES string of the molecule is COc1ccc(NC(=O)C2=NN(c3ccccc3)C(C(C)=O)C2)cc1S(N)(=O)=O. The average molecular weight is 416 g/mol. The highest BCUT2D eigenvalue weighted by molar-refractivity contribution is 7.89. The number of sulfonamides is 1. The van der Waals surface area contributed by atoms with Crippen LogP contribution in [-0.4, -0.2) is 39.0 Å². The molecule has 0 spiro atoms. The van der Waals surface area contributed by atoms with E-state index >= 15 is 0 Å². The number of methoxy groups -OCH3 is 1. The quantitative estimate of drug-likeness (QED) is 0.734. The van der Waals surface area contributed by atoms with Crippen LogP contribution in [0.3, 0.4) is 0 Å². The molecule has 2 aromatic carbocycles. The van der Waals surface area contributed by atoms with Crippen molar-refractivity contribution >= 4 is 38.8 Å². The molecule has 3 rings (SSSR count). The first-order chi connectivity index (χ1) is 13.7. The maximum absolute atomic E-state index is 12.7. The van der Waals surface area contributed by atoms with Crippen LogP contribution in [0.2, 0.25) is 0 Å². The van der Waals surface area contributed by atoms with Crippen molar-refractivity contribution in [2.24, 2.45) is 10.2 Å². The minimum absolute atomic E-state index is 0.0654. The number of ether oxygens (including phenoxy) is 1. The molecule has 0 bridgehead atoms. The summed E-state index contributed by atoms with van der Waals surface area (Å²) in [6.45, 7) is 1.44. The van der Waals surface area contributed by atoms with Crippen molar-refractivity contribution in [3.8, 4) is 5.75 Å². The number of nitrogens with zero attached hydrogens (tertiary/aromatic N) is 2. The lowest BCUT2D eigenvalue weighted by molar-refractivity contribution is -0.118. The third kappa shape index (κ3) is 4.44. The molecule has 0 aliphatic carbocycles. The zero-order valence-electron chi connectivity index (χ0n) is 15.8. The summed E-state index contributed by atoms with van der Waals surface area (Å²) < 4.78 is 28.5. The molecule has 0 aromatic heterocycles. The van der Waals surface area contributed by atoms with Gasteiger partial charge in [-0.05, 0) is 37.3 Å². The Hall–Kier alpha value is -3.24. The Bertz CT molecular complexity index is 1080. The van der Waals surface area contributed by atoms with Crippen LogP contribution in [0.4, 0.5) is 11.4 Å². The van der Waals surface area contributed by atoms with Crippen LogP contribution in [0.5, 0.6) is 5.75 Å². The van der Waals surface area contributed by atoms with Crippen LogP contribution >= 0.6 is 0 Å². The number of anilines is 2. The highest BCUT2D eigenvalue weighted by Crippen LogP contribution is 2.28. The monoisotopic (exact) mass is 416 g/mol. The predicted molar refractivity (Wildman–Crippen MR) is 108 cm³/mol. The van der Waals surface area contributed by atoms with E-state index in [2.05, 4.69) is 10.4 Å². The first-order valence-electron chi connectivity index (χ1n) is 8.65. The second-order valence-electron chi connectivity index (χ2n) is 6.42. The summed E-state index contributed by atoms with van der Waals surface area (Å²) in [5.41, 5.74) is 1.05. The molecule has 2 aromatic rings. The molecule has 0 saturated heterocycles. The fourth-order valence-electron chi connectivity index (χ4n) is 2.96. The summed E-state index contributed by atoms with van der Waals surface area (Å²) in [5.74, 6) is -0.600. The Kier molecular flexibility index (Phi) is 5.66. The molecule has 0 fully saturated rings. The molecule has 1 unspecified atom stereocenters. The van der Waals surface area contributed by atoms with Gasteiger partial charge in [0.25, 0.3) is 5.91 Å². The Morgan fingerprint density at radius 1 is 1.21 bits per heavy atom. The Labute approximate surface area is 168 Å². The Balaban J connectivity index is 1.87. The van der Waals surface area contributed by atoms with Gasteiger partial charge in [0, 0.05) is 12.1 Å². The largest absolute Gasteiger partial charge is 0.495 e. The number of hydrogen-bond donors (Lipinski definition) is 2. The van der Waals surface area contributed by atoms with E-state index in [0.29, 0.717) is 5.69 Å². The van der Waals surface area contributed by atoms with Gasteiger partial charge in [-0.1, -0.05) is 18.2 Å². The van der Waals surface area contributed by atoms with Crippen LogP contribution in [-0.2, 0) is 19.6 Å². The molecular weight excluding hydrogens is 396 g/mol. The number of nitrogens with two attached hydrogens (primary N) is 1. The second-order valence-corrected chi connectivity index (χ2v) is 7.95. The number of amides is 1. The zero-order valence-corrected chi connectivity index (χ0v) is 16.6. The van der Waals surface area contributed by atoms with E-state index in [0.717, 1.165) is 0 Å². The summed E-state index contributed by atoms with van der Waals surface area (Å²) in [5, 5.41) is 13.6. The Morgan fingerprint density at radius 2 is 1.90 bits per heavy atom. The number of carbonyl (C=O) groups excluding carboxylic acids is 2. The van der Waals surface area contributed by atoms with Gasteiger partial charge in [-0.2, -0.15) is 5.10 Å². The number of primary sulfonamides is 1. The number of para-hydroxylation sites is 1. The number of carbonyl (C=O) groups is 2. The van der Waals surface area contributed by atoms with E-state index < -0.39 is 22.0 Å². The van der Waals surface area contributed by atoms with Gasteiger partial charge in [0.2, 0.25) is 10.0 Å².